The van der Waals surface area contributed by atoms with E-state index in [4.69, 9.17) is 0 Å². The van der Waals surface area contributed by atoms with E-state index in [0.717, 1.165) is 69.3 Å². The Morgan fingerprint density at radius 3 is 2.30 bits per heavy atom. The summed E-state index contributed by atoms with van der Waals surface area (Å²) in [6, 6.07) is 6.94. The Morgan fingerprint density at radius 2 is 1.70 bits per heavy atom. The van der Waals surface area contributed by atoms with Gasteiger partial charge in [-0.2, -0.15) is 13.2 Å². The van der Waals surface area contributed by atoms with E-state index in [1.807, 2.05) is 13.0 Å². The first kappa shape index (κ1) is 27.1. The monoisotopic (exact) mass is 577 g/mol. The van der Waals surface area contributed by atoms with E-state index in [1.54, 1.807) is 12.4 Å². The number of anilines is 1. The van der Waals surface area contributed by atoms with Crippen molar-refractivity contribution in [2.24, 2.45) is 4.99 Å². The molecule has 0 aliphatic carbocycles. The van der Waals surface area contributed by atoms with Gasteiger partial charge in [0.1, 0.15) is 0 Å². The van der Waals surface area contributed by atoms with Gasteiger partial charge in [0.15, 0.2) is 5.96 Å². The van der Waals surface area contributed by atoms with Crippen LogP contribution < -0.4 is 15.5 Å². The lowest BCUT2D eigenvalue weighted by atomic mass is 10.1. The Bertz CT molecular complexity index is 839. The van der Waals surface area contributed by atoms with E-state index in [-0.39, 0.29) is 24.0 Å². The molecule has 0 saturated carbocycles. The van der Waals surface area contributed by atoms with Gasteiger partial charge < -0.3 is 15.5 Å². The highest BCUT2D eigenvalue weighted by atomic mass is 127. The number of guanidine groups is 1. The van der Waals surface area contributed by atoms with Crippen molar-refractivity contribution in [3.05, 3.63) is 53.9 Å². The van der Waals surface area contributed by atoms with Crippen molar-refractivity contribution in [3.63, 3.8) is 0 Å². The van der Waals surface area contributed by atoms with Gasteiger partial charge in [-0.15, -0.1) is 24.0 Å². The number of hydrogen-bond donors (Lipinski definition) is 2. The van der Waals surface area contributed by atoms with Gasteiger partial charge in [-0.1, -0.05) is 12.1 Å². The van der Waals surface area contributed by atoms with Crippen molar-refractivity contribution in [2.75, 3.05) is 50.7 Å². The maximum atomic E-state index is 12.7. The lowest BCUT2D eigenvalue weighted by molar-refractivity contribution is -0.137. The second kappa shape index (κ2) is 13.5. The number of rotatable bonds is 8. The molecule has 0 unspecified atom stereocenters. The summed E-state index contributed by atoms with van der Waals surface area (Å²) in [7, 11) is 0. The zero-order chi connectivity index (χ0) is 22.8. The fourth-order valence-corrected chi connectivity index (χ4v) is 3.45. The van der Waals surface area contributed by atoms with Crippen LogP contribution >= 0.6 is 24.0 Å². The van der Waals surface area contributed by atoms with E-state index in [9.17, 15) is 13.2 Å². The molecule has 1 aliphatic heterocycles. The van der Waals surface area contributed by atoms with Gasteiger partial charge >= 0.3 is 6.18 Å². The van der Waals surface area contributed by atoms with Crippen molar-refractivity contribution in [1.29, 1.82) is 0 Å². The average molecular weight is 577 g/mol. The predicted octanol–water partition coefficient (Wildman–Crippen LogP) is 3.38. The van der Waals surface area contributed by atoms with Crippen LogP contribution in [0.5, 0.6) is 0 Å². The normalized spacial score (nSPS) is 15.2. The number of aromatic nitrogens is 2. The molecular weight excluding hydrogens is 546 g/mol. The Morgan fingerprint density at radius 1 is 1.03 bits per heavy atom. The van der Waals surface area contributed by atoms with Crippen LogP contribution in [0.1, 0.15) is 24.5 Å². The molecule has 2 aromatic rings. The Balaban J connectivity index is 0.00000385. The number of benzene rings is 1. The van der Waals surface area contributed by atoms with Gasteiger partial charge in [-0.3, -0.25) is 4.90 Å². The molecule has 7 nitrogen and oxygen atoms in total. The molecule has 2 heterocycles. The highest BCUT2D eigenvalue weighted by molar-refractivity contribution is 14.0. The van der Waals surface area contributed by atoms with Crippen LogP contribution in [0.25, 0.3) is 0 Å². The first-order valence-corrected chi connectivity index (χ1v) is 10.9. The van der Waals surface area contributed by atoms with Crippen molar-refractivity contribution in [2.45, 2.75) is 26.1 Å². The zero-order valence-electron chi connectivity index (χ0n) is 18.7. The van der Waals surface area contributed by atoms with E-state index in [1.165, 1.54) is 12.1 Å². The quantitative estimate of drug-likeness (QED) is 0.217. The SMILES string of the molecule is CCNC(=NCc1ccc(C(F)(F)F)cc1)NCCCN1CCN(c2ncccn2)CC1.I. The summed E-state index contributed by atoms with van der Waals surface area (Å²) >= 11 is 0. The van der Waals surface area contributed by atoms with Crippen LogP contribution in [0.3, 0.4) is 0 Å². The molecule has 0 spiro atoms. The largest absolute Gasteiger partial charge is 0.416 e. The molecule has 1 aromatic carbocycles. The molecule has 1 aromatic heterocycles. The van der Waals surface area contributed by atoms with Crippen molar-refractivity contribution < 1.29 is 13.2 Å². The molecule has 0 atom stereocenters. The van der Waals surface area contributed by atoms with Crippen molar-refractivity contribution >= 4 is 35.9 Å². The van der Waals surface area contributed by atoms with Crippen LogP contribution in [0.15, 0.2) is 47.7 Å². The summed E-state index contributed by atoms with van der Waals surface area (Å²) in [5.74, 6) is 1.45. The molecule has 3 rings (SSSR count). The van der Waals surface area contributed by atoms with Gasteiger partial charge in [0, 0.05) is 51.7 Å². The van der Waals surface area contributed by atoms with Gasteiger partial charge in [-0.25, -0.2) is 15.0 Å². The molecule has 1 aliphatic rings. The second-order valence-electron chi connectivity index (χ2n) is 7.55. The first-order chi connectivity index (χ1) is 15.5. The van der Waals surface area contributed by atoms with Gasteiger partial charge in [0.05, 0.1) is 12.1 Å². The Labute approximate surface area is 209 Å². The minimum absolute atomic E-state index is 0. The molecule has 0 amide bonds. The number of piperazine rings is 1. The van der Waals surface area contributed by atoms with Crippen LogP contribution in [-0.4, -0.2) is 66.6 Å². The maximum Gasteiger partial charge on any atom is 0.416 e. The third-order valence-corrected chi connectivity index (χ3v) is 5.20. The molecule has 2 N–H and O–H groups in total. The van der Waals surface area contributed by atoms with Gasteiger partial charge in [-0.05, 0) is 43.7 Å². The minimum atomic E-state index is -4.32. The lowest BCUT2D eigenvalue weighted by Gasteiger charge is -2.34. The van der Waals surface area contributed by atoms with Crippen molar-refractivity contribution in [1.82, 2.24) is 25.5 Å². The third-order valence-electron chi connectivity index (χ3n) is 5.20. The Hall–Kier alpha value is -2.15. The third kappa shape index (κ3) is 8.95. The number of alkyl halides is 3. The molecule has 0 bridgehead atoms. The molecule has 182 valence electrons. The van der Waals surface area contributed by atoms with Gasteiger partial charge in [0.25, 0.3) is 0 Å². The molecule has 1 fully saturated rings. The Kier molecular flexibility index (Phi) is 11.1. The summed E-state index contributed by atoms with van der Waals surface area (Å²) in [5, 5.41) is 6.48. The molecule has 1 saturated heterocycles. The number of nitrogens with one attached hydrogen (secondary N) is 2. The summed E-state index contributed by atoms with van der Waals surface area (Å²) in [4.78, 5) is 17.7. The van der Waals surface area contributed by atoms with Crippen LogP contribution in [-0.2, 0) is 12.7 Å². The molecule has 0 radical (unpaired) electrons. The fourth-order valence-electron chi connectivity index (χ4n) is 3.45. The number of hydrogen-bond acceptors (Lipinski definition) is 5. The predicted molar refractivity (Wildman–Crippen MR) is 135 cm³/mol. The summed E-state index contributed by atoms with van der Waals surface area (Å²) < 4.78 is 38.0. The van der Waals surface area contributed by atoms with E-state index in [0.29, 0.717) is 19.0 Å². The molecule has 11 heteroatoms. The van der Waals surface area contributed by atoms with Crippen LogP contribution in [0, 0.1) is 0 Å². The van der Waals surface area contributed by atoms with Gasteiger partial charge in [0.2, 0.25) is 5.95 Å². The number of nitrogens with zero attached hydrogens (tertiary/aromatic N) is 5. The number of aliphatic imine (C=N–C) groups is 1. The summed E-state index contributed by atoms with van der Waals surface area (Å²) in [6.45, 7) is 8.52. The second-order valence-corrected chi connectivity index (χ2v) is 7.55. The maximum absolute atomic E-state index is 12.7. The highest BCUT2D eigenvalue weighted by Crippen LogP contribution is 2.29. The fraction of sp³-hybridized carbons (Fsp3) is 0.500. The highest BCUT2D eigenvalue weighted by Gasteiger charge is 2.29. The minimum Gasteiger partial charge on any atom is -0.357 e. The smallest absolute Gasteiger partial charge is 0.357 e. The van der Waals surface area contributed by atoms with Crippen LogP contribution in [0.4, 0.5) is 19.1 Å². The number of halogens is 4. The van der Waals surface area contributed by atoms with E-state index in [2.05, 4.69) is 35.4 Å². The van der Waals surface area contributed by atoms with E-state index < -0.39 is 11.7 Å². The molecule has 33 heavy (non-hydrogen) atoms. The summed E-state index contributed by atoms with van der Waals surface area (Å²) in [6.07, 6.45) is 0.176. The first-order valence-electron chi connectivity index (χ1n) is 10.9. The average Bonchev–Trinajstić information content (AvgIpc) is 2.81. The standard InChI is InChI=1S/C22H30F3N7.HI/c1-2-26-20(30-17-18-5-7-19(8-6-18)22(23,24)25)27-11-4-12-31-13-15-32(16-14-31)21-28-9-3-10-29-21;/h3,5-10H,2,4,11-17H2,1H3,(H2,26,27,30);1H. The topological polar surface area (TPSA) is 68.7 Å². The van der Waals surface area contributed by atoms with Crippen molar-refractivity contribution in [3.8, 4) is 0 Å². The summed E-state index contributed by atoms with van der Waals surface area (Å²) in [5.41, 5.74) is 0.0860. The zero-order valence-corrected chi connectivity index (χ0v) is 21.0. The molecular formula is C22H31F3IN7. The van der Waals surface area contributed by atoms with Crippen LogP contribution in [0.2, 0.25) is 0 Å². The van der Waals surface area contributed by atoms with E-state index >= 15 is 0 Å². The lowest BCUT2D eigenvalue weighted by Crippen LogP contribution is -2.47.